The van der Waals surface area contributed by atoms with Gasteiger partial charge in [-0.3, -0.25) is 24.1 Å². The molecule has 3 heterocycles. The topological polar surface area (TPSA) is 144 Å². The van der Waals surface area contributed by atoms with E-state index in [4.69, 9.17) is 18.9 Å². The van der Waals surface area contributed by atoms with Gasteiger partial charge in [0.2, 0.25) is 25.4 Å². The Morgan fingerprint density at radius 1 is 0.712 bits per heavy atom. The predicted molar refractivity (Wildman–Crippen MR) is 188 cm³/mol. The number of aliphatic hydroxyl groups excluding tert-OH is 1. The lowest BCUT2D eigenvalue weighted by molar-refractivity contribution is -0.133. The first kappa shape index (κ1) is 34.6. The quantitative estimate of drug-likeness (QED) is 0.176. The van der Waals surface area contributed by atoms with E-state index in [0.717, 1.165) is 21.6 Å². The monoisotopic (exact) mass is 705 g/mol. The number of hydrogen-bond acceptors (Lipinski definition) is 9. The Kier molecular flexibility index (Phi) is 10.3. The number of aliphatic hydroxyl groups is 1. The zero-order valence-corrected chi connectivity index (χ0v) is 28.5. The molecule has 4 aromatic rings. The van der Waals surface area contributed by atoms with Crippen LogP contribution in [0.1, 0.15) is 50.2 Å². The van der Waals surface area contributed by atoms with Gasteiger partial charge in [0, 0.05) is 32.5 Å². The zero-order valence-electron chi connectivity index (χ0n) is 28.5. The summed E-state index contributed by atoms with van der Waals surface area (Å²) in [5.41, 5.74) is 3.35. The normalized spacial score (nSPS) is 15.0. The van der Waals surface area contributed by atoms with Crippen molar-refractivity contribution in [3.63, 3.8) is 0 Å². The van der Waals surface area contributed by atoms with Crippen molar-refractivity contribution >= 4 is 23.6 Å². The molecule has 7 rings (SSSR count). The Labute approximate surface area is 300 Å². The minimum Gasteiger partial charge on any atom is -0.454 e. The van der Waals surface area contributed by atoms with Crippen LogP contribution in [0, 0.1) is 0 Å². The third kappa shape index (κ3) is 7.87. The van der Waals surface area contributed by atoms with Crippen molar-refractivity contribution in [2.24, 2.45) is 0 Å². The Hall–Kier alpha value is -5.88. The summed E-state index contributed by atoms with van der Waals surface area (Å²) < 4.78 is 21.8. The van der Waals surface area contributed by atoms with Crippen molar-refractivity contribution in [1.29, 1.82) is 0 Å². The number of nitrogens with zero attached hydrogens (tertiary/aromatic N) is 2. The maximum Gasteiger partial charge on any atom is 0.261 e. The fourth-order valence-corrected chi connectivity index (χ4v) is 6.62. The van der Waals surface area contributed by atoms with E-state index < -0.39 is 24.0 Å². The average Bonchev–Trinajstić information content (AvgIpc) is 3.89. The number of imide groups is 1. The minimum atomic E-state index is -1.14. The van der Waals surface area contributed by atoms with Gasteiger partial charge in [-0.2, -0.15) is 0 Å². The van der Waals surface area contributed by atoms with Crippen LogP contribution in [-0.4, -0.2) is 83.9 Å². The largest absolute Gasteiger partial charge is 0.454 e. The van der Waals surface area contributed by atoms with Crippen molar-refractivity contribution in [3.8, 4) is 23.0 Å². The van der Waals surface area contributed by atoms with Crippen LogP contribution in [0.4, 0.5) is 0 Å². The average molecular weight is 706 g/mol. The lowest BCUT2D eigenvalue weighted by atomic mass is 9.99. The number of aryl methyl sites for hydroxylation is 1. The highest BCUT2D eigenvalue weighted by molar-refractivity contribution is 6.21. The van der Waals surface area contributed by atoms with Crippen molar-refractivity contribution in [3.05, 3.63) is 119 Å². The molecule has 0 aromatic heterocycles. The van der Waals surface area contributed by atoms with Gasteiger partial charge in [0.25, 0.3) is 11.8 Å². The Morgan fingerprint density at radius 2 is 1.29 bits per heavy atom. The van der Waals surface area contributed by atoms with E-state index in [1.165, 1.54) is 4.90 Å². The van der Waals surface area contributed by atoms with Crippen LogP contribution >= 0.6 is 0 Å². The molecule has 12 heteroatoms. The van der Waals surface area contributed by atoms with Crippen molar-refractivity contribution in [2.45, 2.75) is 44.2 Å². The highest BCUT2D eigenvalue weighted by Crippen LogP contribution is 2.34. The SMILES string of the molecule is O=C(CCc1ccc2c(c1)OCO2)N[C@@H](Cc1ccccc1)[C@@H](O)CN(CCc1ccc2c(c1)OCO2)C(=O)CCN1C(=O)c2ccccc2C1=O. The number of carbonyl (C=O) groups is 4. The smallest absolute Gasteiger partial charge is 0.261 e. The Bertz CT molecular complexity index is 1930. The van der Waals surface area contributed by atoms with Gasteiger partial charge in [0.15, 0.2) is 23.0 Å². The van der Waals surface area contributed by atoms with E-state index in [1.54, 1.807) is 24.3 Å². The molecule has 2 atom stereocenters. The number of rotatable bonds is 15. The van der Waals surface area contributed by atoms with Crippen molar-refractivity contribution in [1.82, 2.24) is 15.1 Å². The number of carbonyl (C=O) groups excluding carboxylic acids is 4. The Balaban J connectivity index is 1.05. The second kappa shape index (κ2) is 15.6. The predicted octanol–water partition coefficient (Wildman–Crippen LogP) is 3.92. The van der Waals surface area contributed by atoms with Gasteiger partial charge in [0.1, 0.15) is 0 Å². The summed E-state index contributed by atoms with van der Waals surface area (Å²) in [5, 5.41) is 14.8. The Morgan fingerprint density at radius 3 is 1.92 bits per heavy atom. The van der Waals surface area contributed by atoms with Crippen molar-refractivity contribution < 1.29 is 43.2 Å². The molecule has 4 aromatic carbocycles. The molecule has 52 heavy (non-hydrogen) atoms. The lowest BCUT2D eigenvalue weighted by Crippen LogP contribution is -2.51. The molecule has 268 valence electrons. The molecule has 0 radical (unpaired) electrons. The maximum absolute atomic E-state index is 13.9. The molecule has 2 N–H and O–H groups in total. The van der Waals surface area contributed by atoms with Gasteiger partial charge >= 0.3 is 0 Å². The van der Waals surface area contributed by atoms with E-state index in [0.29, 0.717) is 53.4 Å². The van der Waals surface area contributed by atoms with E-state index >= 15 is 0 Å². The molecule has 0 bridgehead atoms. The second-order valence-corrected chi connectivity index (χ2v) is 13.0. The van der Waals surface area contributed by atoms with Gasteiger partial charge in [-0.25, -0.2) is 0 Å². The summed E-state index contributed by atoms with van der Waals surface area (Å²) in [5.74, 6) is 1.10. The standard InChI is InChI=1S/C40H39N3O9/c44-32(31(20-26-6-2-1-3-7-26)41-37(45)15-12-27-10-13-33-35(21-27)51-24-49-33)23-42(18-16-28-11-14-34-36(22-28)52-25-50-34)38(46)17-19-43-39(47)29-8-4-5-9-30(29)40(43)48/h1-11,13-14,21-22,31-32,44H,12,15-20,23-25H2,(H,41,45)/t31-,32-/m0/s1. The molecule has 0 unspecified atom stereocenters. The first-order valence-corrected chi connectivity index (χ1v) is 17.3. The van der Waals surface area contributed by atoms with Crippen LogP contribution in [0.2, 0.25) is 0 Å². The summed E-state index contributed by atoms with van der Waals surface area (Å²) in [6, 6.07) is 26.5. The van der Waals surface area contributed by atoms with E-state index in [2.05, 4.69) is 5.32 Å². The molecule has 0 spiro atoms. The van der Waals surface area contributed by atoms with Crippen LogP contribution in [0.15, 0.2) is 91.0 Å². The molecule has 3 aliphatic rings. The highest BCUT2D eigenvalue weighted by Gasteiger charge is 2.36. The van der Waals surface area contributed by atoms with Crippen LogP contribution in [0.5, 0.6) is 23.0 Å². The molecule has 4 amide bonds. The number of amides is 4. The first-order valence-electron chi connectivity index (χ1n) is 17.3. The van der Waals surface area contributed by atoms with Crippen LogP contribution in [0.3, 0.4) is 0 Å². The van der Waals surface area contributed by atoms with Crippen LogP contribution in [0.25, 0.3) is 0 Å². The summed E-state index contributed by atoms with van der Waals surface area (Å²) in [4.78, 5) is 55.8. The van der Waals surface area contributed by atoms with Gasteiger partial charge in [-0.15, -0.1) is 0 Å². The summed E-state index contributed by atoms with van der Waals surface area (Å²) in [6.07, 6.45) is 0.114. The number of fused-ring (bicyclic) bond motifs is 3. The number of hydrogen-bond donors (Lipinski definition) is 2. The fourth-order valence-electron chi connectivity index (χ4n) is 6.62. The van der Waals surface area contributed by atoms with Crippen molar-refractivity contribution in [2.75, 3.05) is 33.2 Å². The first-order chi connectivity index (χ1) is 25.3. The lowest BCUT2D eigenvalue weighted by Gasteiger charge is -2.31. The van der Waals surface area contributed by atoms with Gasteiger partial charge in [0.05, 0.1) is 23.3 Å². The fraction of sp³-hybridized carbons (Fsp3) is 0.300. The summed E-state index contributed by atoms with van der Waals surface area (Å²) >= 11 is 0. The highest BCUT2D eigenvalue weighted by atomic mass is 16.7. The molecule has 0 aliphatic carbocycles. The van der Waals surface area contributed by atoms with Crippen LogP contribution in [-0.2, 0) is 28.9 Å². The molecule has 0 saturated heterocycles. The van der Waals surface area contributed by atoms with Gasteiger partial charge in [-0.05, 0) is 72.4 Å². The third-order valence-electron chi connectivity index (χ3n) is 9.48. The summed E-state index contributed by atoms with van der Waals surface area (Å²) in [6.45, 7) is 0.334. The number of benzene rings is 4. The number of ether oxygens (including phenoxy) is 4. The molecule has 0 saturated carbocycles. The molecular formula is C40H39N3O9. The van der Waals surface area contributed by atoms with E-state index in [-0.39, 0.29) is 57.9 Å². The molecule has 12 nitrogen and oxygen atoms in total. The third-order valence-corrected chi connectivity index (χ3v) is 9.48. The molecular weight excluding hydrogens is 666 g/mol. The van der Waals surface area contributed by atoms with Crippen LogP contribution < -0.4 is 24.3 Å². The minimum absolute atomic E-state index is 0.0918. The summed E-state index contributed by atoms with van der Waals surface area (Å²) in [7, 11) is 0. The number of nitrogens with one attached hydrogen (secondary N) is 1. The second-order valence-electron chi connectivity index (χ2n) is 13.0. The van der Waals surface area contributed by atoms with E-state index in [1.807, 2.05) is 66.7 Å². The van der Waals surface area contributed by atoms with Gasteiger partial charge < -0.3 is 34.3 Å². The van der Waals surface area contributed by atoms with E-state index in [9.17, 15) is 24.3 Å². The molecule has 0 fully saturated rings. The zero-order chi connectivity index (χ0) is 36.0. The molecule has 3 aliphatic heterocycles. The van der Waals surface area contributed by atoms with Gasteiger partial charge in [-0.1, -0.05) is 54.6 Å². The maximum atomic E-state index is 13.9.